The average molecular weight is 308 g/mol. The van der Waals surface area contributed by atoms with Gasteiger partial charge in [-0.05, 0) is 17.7 Å². The van der Waals surface area contributed by atoms with Gasteiger partial charge in [0.2, 0.25) is 0 Å². The summed E-state index contributed by atoms with van der Waals surface area (Å²) in [5.41, 5.74) is 2.59. The molecule has 1 aromatic carbocycles. The fourth-order valence-electron chi connectivity index (χ4n) is 4.06. The number of rotatable bonds is 4. The lowest BCUT2D eigenvalue weighted by Crippen LogP contribution is -2.68. The lowest BCUT2D eigenvalue weighted by atomic mass is 9.75. The summed E-state index contributed by atoms with van der Waals surface area (Å²) in [6.45, 7) is 2.58. The molecule has 1 unspecified atom stereocenters. The first-order valence-corrected chi connectivity index (χ1v) is 7.76. The molecule has 0 amide bonds. The van der Waals surface area contributed by atoms with Crippen LogP contribution in [0.2, 0.25) is 0 Å². The summed E-state index contributed by atoms with van der Waals surface area (Å²) in [4.78, 5) is 0. The van der Waals surface area contributed by atoms with Crippen LogP contribution in [-0.2, 0) is 6.42 Å². The largest absolute Gasteiger partial charge is 0.493 e. The molecule has 2 aliphatic heterocycles. The lowest BCUT2D eigenvalue weighted by Gasteiger charge is -2.58. The first-order valence-electron chi connectivity index (χ1n) is 7.22. The van der Waals surface area contributed by atoms with Crippen molar-refractivity contribution in [2.24, 2.45) is 5.92 Å². The molecule has 4 nitrogen and oxygen atoms in total. The molecule has 1 aromatic rings. The zero-order valence-corrected chi connectivity index (χ0v) is 13.2. The molecule has 0 saturated carbocycles. The minimum absolute atomic E-state index is 0.325. The quantitative estimate of drug-likeness (QED) is 0.487. The Bertz CT molecular complexity index is 599. The first kappa shape index (κ1) is 14.5. The summed E-state index contributed by atoms with van der Waals surface area (Å²) in [6, 6.07) is 6.85. The van der Waals surface area contributed by atoms with Crippen molar-refractivity contribution in [3.05, 3.63) is 23.3 Å². The van der Waals surface area contributed by atoms with Crippen LogP contribution in [0.5, 0.6) is 11.5 Å². The van der Waals surface area contributed by atoms with Crippen LogP contribution in [-0.4, -0.2) is 44.2 Å². The predicted molar refractivity (Wildman–Crippen MR) is 80.7 cm³/mol. The van der Waals surface area contributed by atoms with Crippen LogP contribution < -0.4 is 9.47 Å². The smallest absolute Gasteiger partial charge is 0.167 e. The molecule has 112 valence electrons. The molecule has 0 radical (unpaired) electrons. The van der Waals surface area contributed by atoms with Crippen LogP contribution >= 0.6 is 11.6 Å². The normalized spacial score (nSPS) is 29.6. The van der Waals surface area contributed by atoms with Crippen molar-refractivity contribution >= 4 is 11.6 Å². The Labute approximate surface area is 130 Å². The van der Waals surface area contributed by atoms with Gasteiger partial charge in [-0.1, -0.05) is 0 Å². The van der Waals surface area contributed by atoms with Gasteiger partial charge in [-0.2, -0.15) is 5.26 Å². The van der Waals surface area contributed by atoms with Crippen molar-refractivity contribution in [2.75, 3.05) is 39.7 Å². The Morgan fingerprint density at radius 3 is 2.67 bits per heavy atom. The molecule has 1 fully saturated rings. The summed E-state index contributed by atoms with van der Waals surface area (Å²) >= 11 is 6.14. The fraction of sp³-hybridized carbons (Fsp3) is 0.562. The zero-order chi connectivity index (χ0) is 15.0. The third-order valence-corrected chi connectivity index (χ3v) is 5.41. The molecule has 0 spiro atoms. The second kappa shape index (κ2) is 5.40. The van der Waals surface area contributed by atoms with Gasteiger partial charge in [0.05, 0.1) is 33.2 Å². The highest BCUT2D eigenvalue weighted by atomic mass is 35.5. The monoisotopic (exact) mass is 307 g/mol. The summed E-state index contributed by atoms with van der Waals surface area (Å²) in [5.74, 6) is 2.62. The van der Waals surface area contributed by atoms with Crippen molar-refractivity contribution in [3.8, 4) is 17.6 Å². The zero-order valence-electron chi connectivity index (χ0n) is 12.4. The number of hydrogen-bond acceptors (Lipinski definition) is 3. The highest BCUT2D eigenvalue weighted by molar-refractivity contribution is 6.18. The molecule has 3 rings (SSSR count). The summed E-state index contributed by atoms with van der Waals surface area (Å²) in [5, 5.41) is 9.18. The molecule has 5 heteroatoms. The van der Waals surface area contributed by atoms with Gasteiger partial charge in [0.1, 0.15) is 12.1 Å². The van der Waals surface area contributed by atoms with Crippen LogP contribution in [0.3, 0.4) is 0 Å². The number of nitrogens with zero attached hydrogens (tertiary/aromatic N) is 2. The Hall–Kier alpha value is -1.44. The number of alkyl halides is 1. The van der Waals surface area contributed by atoms with Crippen molar-refractivity contribution in [3.63, 3.8) is 0 Å². The number of halogens is 1. The van der Waals surface area contributed by atoms with E-state index in [9.17, 15) is 5.26 Å². The number of methoxy groups -OCH3 is 2. The molecule has 2 heterocycles. The maximum Gasteiger partial charge on any atom is 0.167 e. The summed E-state index contributed by atoms with van der Waals surface area (Å²) in [6.07, 6.45) is 0.975. The molecule has 0 aromatic heterocycles. The van der Waals surface area contributed by atoms with E-state index in [4.69, 9.17) is 21.1 Å². The van der Waals surface area contributed by atoms with Crippen LogP contribution in [0.1, 0.15) is 17.2 Å². The van der Waals surface area contributed by atoms with Crippen LogP contribution in [0.4, 0.5) is 0 Å². The number of fused-ring (bicyclic) bond motifs is 3. The van der Waals surface area contributed by atoms with Crippen molar-refractivity contribution in [1.29, 1.82) is 5.26 Å². The second-order valence-electron chi connectivity index (χ2n) is 5.96. The fourth-order valence-corrected chi connectivity index (χ4v) is 4.32. The Morgan fingerprint density at radius 1 is 1.33 bits per heavy atom. The van der Waals surface area contributed by atoms with E-state index in [1.807, 2.05) is 0 Å². The minimum atomic E-state index is 0.325. The summed E-state index contributed by atoms with van der Waals surface area (Å²) < 4.78 is 11.7. The Morgan fingerprint density at radius 2 is 2.05 bits per heavy atom. The number of hydrogen-bond donors (Lipinski definition) is 0. The van der Waals surface area contributed by atoms with Gasteiger partial charge >= 0.3 is 0 Å². The van der Waals surface area contributed by atoms with Crippen molar-refractivity contribution in [2.45, 2.75) is 12.5 Å². The molecular formula is C16H20ClN2O2+. The van der Waals surface area contributed by atoms with Gasteiger partial charge in [0, 0.05) is 17.9 Å². The SMILES string of the molecule is COc1cc2c(cc1OC)[C@H]1[C@H](CCl)C[N+]1(CC#N)CC2. The highest BCUT2D eigenvalue weighted by Gasteiger charge is 2.56. The van der Waals surface area contributed by atoms with E-state index < -0.39 is 0 Å². The van der Waals surface area contributed by atoms with E-state index in [0.29, 0.717) is 24.4 Å². The van der Waals surface area contributed by atoms with Crippen LogP contribution in [0, 0.1) is 17.2 Å². The molecule has 21 heavy (non-hydrogen) atoms. The van der Waals surface area contributed by atoms with Gasteiger partial charge < -0.3 is 14.0 Å². The van der Waals surface area contributed by atoms with Crippen LogP contribution in [0.15, 0.2) is 12.1 Å². The minimum Gasteiger partial charge on any atom is -0.493 e. The number of ether oxygens (including phenoxy) is 2. The molecule has 3 atom stereocenters. The molecule has 1 saturated heterocycles. The maximum absolute atomic E-state index is 9.18. The highest BCUT2D eigenvalue weighted by Crippen LogP contribution is 2.52. The lowest BCUT2D eigenvalue weighted by molar-refractivity contribution is -1.00. The standard InChI is InChI=1S/C16H20ClN2O2/c1-20-14-7-11-3-5-19(6-4-18)10-12(9-17)16(19)13(11)8-15(14)21-2/h7-8,12,16H,3,5-6,9-10H2,1-2H3/q+1/t12-,16-,19?/m1/s1. The number of nitriles is 1. The molecule has 0 bridgehead atoms. The van der Waals surface area contributed by atoms with Gasteiger partial charge in [0.25, 0.3) is 0 Å². The molecule has 0 N–H and O–H groups in total. The molecule has 2 aliphatic rings. The van der Waals surface area contributed by atoms with Crippen molar-refractivity contribution in [1.82, 2.24) is 0 Å². The van der Waals surface area contributed by atoms with Crippen molar-refractivity contribution < 1.29 is 14.0 Å². The van der Waals surface area contributed by atoms with E-state index in [0.717, 1.165) is 35.5 Å². The van der Waals surface area contributed by atoms with Gasteiger partial charge in [-0.25, -0.2) is 0 Å². The molecule has 0 aliphatic carbocycles. The van der Waals surface area contributed by atoms with Gasteiger partial charge in [-0.3, -0.25) is 0 Å². The van der Waals surface area contributed by atoms with E-state index in [2.05, 4.69) is 18.2 Å². The van der Waals surface area contributed by atoms with E-state index in [1.165, 1.54) is 11.1 Å². The predicted octanol–water partition coefficient (Wildman–Crippen LogP) is 2.51. The van der Waals surface area contributed by atoms with E-state index in [-0.39, 0.29) is 0 Å². The summed E-state index contributed by atoms with van der Waals surface area (Å²) in [7, 11) is 3.32. The Kier molecular flexibility index (Phi) is 3.73. The number of quaternary nitrogens is 1. The Balaban J connectivity index is 2.06. The first-order chi connectivity index (χ1) is 10.2. The van der Waals surface area contributed by atoms with Gasteiger partial charge in [-0.15, -0.1) is 11.6 Å². The second-order valence-corrected chi connectivity index (χ2v) is 6.26. The van der Waals surface area contributed by atoms with Gasteiger partial charge in [0.15, 0.2) is 18.0 Å². The average Bonchev–Trinajstić information content (AvgIpc) is 2.49. The van der Waals surface area contributed by atoms with E-state index in [1.54, 1.807) is 14.2 Å². The topological polar surface area (TPSA) is 42.2 Å². The number of benzene rings is 1. The molecular weight excluding hydrogens is 288 g/mol. The third-order valence-electron chi connectivity index (χ3n) is 5.01. The van der Waals surface area contributed by atoms with E-state index >= 15 is 0 Å². The van der Waals surface area contributed by atoms with Crippen LogP contribution in [0.25, 0.3) is 0 Å². The third kappa shape index (κ3) is 2.07. The maximum atomic E-state index is 9.18.